The fourth-order valence-electron chi connectivity index (χ4n) is 2.87. The summed E-state index contributed by atoms with van der Waals surface area (Å²) in [5.41, 5.74) is 1.72. The maximum Gasteiger partial charge on any atom is 0.298 e. The Hall–Kier alpha value is -3.81. The number of rotatable bonds is 4. The second-order valence-electron chi connectivity index (χ2n) is 5.80. The predicted molar refractivity (Wildman–Crippen MR) is 102 cm³/mol. The van der Waals surface area contributed by atoms with Gasteiger partial charge in [-0.3, -0.25) is 4.79 Å². The van der Waals surface area contributed by atoms with Crippen LogP contribution in [0, 0.1) is 0 Å². The van der Waals surface area contributed by atoms with Crippen molar-refractivity contribution in [2.24, 2.45) is 5.10 Å². The first-order chi connectivity index (χ1) is 13.1. The highest BCUT2D eigenvalue weighted by molar-refractivity contribution is 6.04. The number of phenols is 1. The second kappa shape index (κ2) is 6.49. The summed E-state index contributed by atoms with van der Waals surface area (Å²) in [6.07, 6.45) is 2.72. The number of nitrogens with one attached hydrogen (secondary N) is 1. The first-order valence-corrected chi connectivity index (χ1v) is 8.10. The van der Waals surface area contributed by atoms with E-state index in [-0.39, 0.29) is 11.3 Å². The molecule has 0 aliphatic carbocycles. The molecule has 0 atom stereocenters. The summed E-state index contributed by atoms with van der Waals surface area (Å²) < 4.78 is 11.4. The van der Waals surface area contributed by atoms with E-state index in [4.69, 9.17) is 9.47 Å². The lowest BCUT2D eigenvalue weighted by atomic mass is 10.2. The van der Waals surface area contributed by atoms with Crippen LogP contribution in [0.3, 0.4) is 0 Å². The monoisotopic (exact) mass is 364 g/mol. The van der Waals surface area contributed by atoms with Crippen molar-refractivity contribution < 1.29 is 14.6 Å². The zero-order chi connectivity index (χ0) is 19.0. The number of hydrogen-bond acceptors (Lipinski definition) is 6. The van der Waals surface area contributed by atoms with Gasteiger partial charge in [0.25, 0.3) is 5.56 Å². The smallest absolute Gasteiger partial charge is 0.298 e. The van der Waals surface area contributed by atoms with Crippen LogP contribution in [0.25, 0.3) is 21.9 Å². The van der Waals surface area contributed by atoms with E-state index >= 15 is 0 Å². The van der Waals surface area contributed by atoms with E-state index in [1.54, 1.807) is 31.4 Å². The number of para-hydroxylation sites is 1. The van der Waals surface area contributed by atoms with Crippen LogP contribution in [0.2, 0.25) is 0 Å². The number of ether oxygens (including phenoxy) is 2. The number of hydrogen-bond donors (Lipinski definition) is 2. The van der Waals surface area contributed by atoms with Gasteiger partial charge in [-0.25, -0.2) is 4.98 Å². The van der Waals surface area contributed by atoms with Gasteiger partial charge in [-0.1, -0.05) is 6.07 Å². The molecule has 0 aliphatic heterocycles. The number of methoxy groups -OCH3 is 2. The molecule has 27 heavy (non-hydrogen) atoms. The van der Waals surface area contributed by atoms with Gasteiger partial charge in [0.15, 0.2) is 11.5 Å². The van der Waals surface area contributed by atoms with Crippen LogP contribution in [0.15, 0.2) is 52.6 Å². The van der Waals surface area contributed by atoms with E-state index in [2.05, 4.69) is 15.1 Å². The number of aromatic amines is 1. The van der Waals surface area contributed by atoms with Crippen LogP contribution < -0.4 is 15.0 Å². The molecule has 0 saturated heterocycles. The summed E-state index contributed by atoms with van der Waals surface area (Å²) in [5, 5.41) is 15.1. The highest BCUT2D eigenvalue weighted by Crippen LogP contribution is 2.28. The lowest BCUT2D eigenvalue weighted by Gasteiger charge is -2.05. The van der Waals surface area contributed by atoms with Gasteiger partial charge >= 0.3 is 0 Å². The van der Waals surface area contributed by atoms with Crippen LogP contribution in [-0.2, 0) is 0 Å². The van der Waals surface area contributed by atoms with Gasteiger partial charge in [-0.05, 0) is 24.3 Å². The molecule has 136 valence electrons. The number of nitrogens with zero attached hydrogens (tertiary/aromatic N) is 3. The molecule has 2 aromatic heterocycles. The van der Waals surface area contributed by atoms with Crippen molar-refractivity contribution in [2.75, 3.05) is 14.2 Å². The largest absolute Gasteiger partial charge is 0.504 e. The van der Waals surface area contributed by atoms with E-state index in [1.165, 1.54) is 19.7 Å². The summed E-state index contributed by atoms with van der Waals surface area (Å²) in [5.74, 6) is 0.953. The molecular weight excluding hydrogens is 348 g/mol. The molecule has 0 spiro atoms. The molecule has 4 rings (SSSR count). The Balaban J connectivity index is 1.80. The molecule has 0 unspecified atom stereocenters. The second-order valence-corrected chi connectivity index (χ2v) is 5.80. The highest BCUT2D eigenvalue weighted by Gasteiger charge is 2.11. The SMILES string of the molecule is COc1ccc2c(c1)[nH]c1c(=O)n(N=Cc3cccc(OC)c3O)cnc12. The van der Waals surface area contributed by atoms with Gasteiger partial charge in [0.1, 0.15) is 23.1 Å². The summed E-state index contributed by atoms with van der Waals surface area (Å²) in [4.78, 5) is 20.2. The Morgan fingerprint density at radius 1 is 1.22 bits per heavy atom. The fraction of sp³-hybridized carbons (Fsp3) is 0.105. The highest BCUT2D eigenvalue weighted by atomic mass is 16.5. The number of phenolic OH excluding ortho intramolecular Hbond substituents is 1. The van der Waals surface area contributed by atoms with Gasteiger partial charge in [0.05, 0.1) is 26.0 Å². The van der Waals surface area contributed by atoms with Crippen molar-refractivity contribution in [2.45, 2.75) is 0 Å². The normalized spacial score (nSPS) is 11.5. The topological polar surface area (TPSA) is 102 Å². The quantitative estimate of drug-likeness (QED) is 0.542. The minimum absolute atomic E-state index is 0.0523. The van der Waals surface area contributed by atoms with Crippen molar-refractivity contribution in [3.8, 4) is 17.2 Å². The zero-order valence-electron chi connectivity index (χ0n) is 14.6. The summed E-state index contributed by atoms with van der Waals surface area (Å²) in [7, 11) is 3.04. The molecule has 8 nitrogen and oxygen atoms in total. The maximum atomic E-state index is 12.7. The van der Waals surface area contributed by atoms with E-state index < -0.39 is 0 Å². The van der Waals surface area contributed by atoms with Gasteiger partial charge in [0, 0.05) is 17.0 Å². The van der Waals surface area contributed by atoms with Gasteiger partial charge in [0.2, 0.25) is 0 Å². The standard InChI is InChI=1S/C19H16N4O4/c1-26-12-6-7-13-14(8-12)22-17-16(13)20-10-23(19(17)25)21-9-11-4-3-5-15(27-2)18(11)24/h3-10,22,24H,1-2H3. The number of benzene rings is 2. The van der Waals surface area contributed by atoms with Gasteiger partial charge in [-0.15, -0.1) is 0 Å². The first kappa shape index (κ1) is 16.6. The Labute approximate surface area is 153 Å². The third-order valence-electron chi connectivity index (χ3n) is 4.27. The van der Waals surface area contributed by atoms with Crippen molar-refractivity contribution in [1.29, 1.82) is 0 Å². The third-order valence-corrected chi connectivity index (χ3v) is 4.27. The molecule has 0 bridgehead atoms. The molecule has 4 aromatic rings. The summed E-state index contributed by atoms with van der Waals surface area (Å²) in [6, 6.07) is 10.5. The molecule has 0 fully saturated rings. The number of aromatic nitrogens is 3. The first-order valence-electron chi connectivity index (χ1n) is 8.10. The molecule has 2 heterocycles. The van der Waals surface area contributed by atoms with Crippen LogP contribution in [0.1, 0.15) is 5.56 Å². The van der Waals surface area contributed by atoms with Gasteiger partial charge < -0.3 is 19.6 Å². The Morgan fingerprint density at radius 3 is 2.85 bits per heavy atom. The van der Waals surface area contributed by atoms with Crippen LogP contribution in [0.4, 0.5) is 0 Å². The molecule has 0 radical (unpaired) electrons. The van der Waals surface area contributed by atoms with Crippen LogP contribution >= 0.6 is 0 Å². The fourth-order valence-corrected chi connectivity index (χ4v) is 2.87. The summed E-state index contributed by atoms with van der Waals surface area (Å²) >= 11 is 0. The molecule has 0 amide bonds. The lowest BCUT2D eigenvalue weighted by Crippen LogP contribution is -2.17. The lowest BCUT2D eigenvalue weighted by molar-refractivity contribution is 0.373. The third kappa shape index (κ3) is 2.77. The number of H-pyrrole nitrogens is 1. The predicted octanol–water partition coefficient (Wildman–Crippen LogP) is 2.48. The average Bonchev–Trinajstić information content (AvgIpc) is 3.07. The molecular formula is C19H16N4O4. The Bertz CT molecular complexity index is 1240. The minimum atomic E-state index is -0.353. The number of fused-ring (bicyclic) bond motifs is 3. The van der Waals surface area contributed by atoms with Crippen molar-refractivity contribution in [3.05, 3.63) is 58.6 Å². The van der Waals surface area contributed by atoms with Crippen LogP contribution in [0.5, 0.6) is 17.2 Å². The number of aromatic hydroxyl groups is 1. The van der Waals surface area contributed by atoms with E-state index in [9.17, 15) is 9.90 Å². The van der Waals surface area contributed by atoms with E-state index in [1.807, 2.05) is 12.1 Å². The van der Waals surface area contributed by atoms with Crippen molar-refractivity contribution in [3.63, 3.8) is 0 Å². The van der Waals surface area contributed by atoms with E-state index in [0.29, 0.717) is 28.1 Å². The Kier molecular flexibility index (Phi) is 4.00. The molecule has 8 heteroatoms. The zero-order valence-corrected chi connectivity index (χ0v) is 14.6. The summed E-state index contributed by atoms with van der Waals surface area (Å²) in [6.45, 7) is 0. The van der Waals surface area contributed by atoms with Crippen LogP contribution in [-0.4, -0.2) is 40.2 Å². The molecule has 2 N–H and O–H groups in total. The molecule has 0 saturated carbocycles. The Morgan fingerprint density at radius 2 is 2.07 bits per heavy atom. The van der Waals surface area contributed by atoms with Gasteiger partial charge in [-0.2, -0.15) is 9.78 Å². The van der Waals surface area contributed by atoms with Crippen molar-refractivity contribution >= 4 is 28.2 Å². The maximum absolute atomic E-state index is 12.7. The average molecular weight is 364 g/mol. The minimum Gasteiger partial charge on any atom is -0.504 e. The van der Waals surface area contributed by atoms with E-state index in [0.717, 1.165) is 15.6 Å². The molecule has 2 aromatic carbocycles. The molecule has 0 aliphatic rings. The van der Waals surface area contributed by atoms with Crippen molar-refractivity contribution in [1.82, 2.24) is 14.6 Å².